The number of ketones is 1. The van der Waals surface area contributed by atoms with Gasteiger partial charge in [0, 0.05) is 4.88 Å². The summed E-state index contributed by atoms with van der Waals surface area (Å²) in [4.78, 5) is 11.6. The SMILES string of the molecule is COc1c(F)c(F)c(-c2ccc(C(=O)c3c(F)ccc(O)c3F)s2)c(F)c1F. The van der Waals surface area contributed by atoms with E-state index in [1.165, 1.54) is 0 Å². The lowest BCUT2D eigenvalue weighted by atomic mass is 10.1. The van der Waals surface area contributed by atoms with Crippen molar-refractivity contribution in [3.8, 4) is 21.9 Å². The van der Waals surface area contributed by atoms with Crippen LogP contribution in [-0.2, 0) is 0 Å². The van der Waals surface area contributed by atoms with Gasteiger partial charge in [0.15, 0.2) is 29.0 Å². The van der Waals surface area contributed by atoms with E-state index in [2.05, 4.69) is 4.74 Å². The summed E-state index contributed by atoms with van der Waals surface area (Å²) in [5.41, 5.74) is -2.18. The molecule has 0 bridgehead atoms. The molecular formula is C18H8F6O3S. The minimum atomic E-state index is -1.78. The maximum absolute atomic E-state index is 14.2. The van der Waals surface area contributed by atoms with E-state index in [1.54, 1.807) is 0 Å². The van der Waals surface area contributed by atoms with Crippen LogP contribution in [0.4, 0.5) is 26.3 Å². The number of halogens is 6. The fraction of sp³-hybridized carbons (Fsp3) is 0.0556. The Morgan fingerprint density at radius 3 is 2.07 bits per heavy atom. The Labute approximate surface area is 157 Å². The van der Waals surface area contributed by atoms with E-state index < -0.39 is 68.2 Å². The van der Waals surface area contributed by atoms with E-state index in [0.717, 1.165) is 19.2 Å². The molecule has 0 radical (unpaired) electrons. The molecule has 0 aliphatic carbocycles. The van der Waals surface area contributed by atoms with Crippen LogP contribution in [0.2, 0.25) is 0 Å². The molecule has 0 unspecified atom stereocenters. The summed E-state index contributed by atoms with van der Waals surface area (Å²) in [7, 11) is 0.820. The minimum Gasteiger partial charge on any atom is -0.505 e. The van der Waals surface area contributed by atoms with Crippen molar-refractivity contribution in [1.82, 2.24) is 0 Å². The molecule has 0 saturated carbocycles. The van der Waals surface area contributed by atoms with Gasteiger partial charge in [-0.1, -0.05) is 0 Å². The predicted molar refractivity (Wildman–Crippen MR) is 87.6 cm³/mol. The van der Waals surface area contributed by atoms with Crippen molar-refractivity contribution in [3.63, 3.8) is 0 Å². The highest BCUT2D eigenvalue weighted by atomic mass is 32.1. The van der Waals surface area contributed by atoms with Gasteiger partial charge in [0.05, 0.1) is 23.1 Å². The molecule has 28 heavy (non-hydrogen) atoms. The minimum absolute atomic E-state index is 0.353. The summed E-state index contributed by atoms with van der Waals surface area (Å²) < 4.78 is 88.1. The maximum atomic E-state index is 14.2. The number of ether oxygens (including phenoxy) is 1. The standard InChI is InChI=1S/C18H8F6O3S/c1-27-18-15(23)13(21)11(14(22)16(18)24)8-4-5-9(28-8)17(26)10-6(19)2-3-7(25)12(10)20/h2-5,25H,1H3. The van der Waals surface area contributed by atoms with Crippen LogP contribution in [0.25, 0.3) is 10.4 Å². The number of phenols is 1. The van der Waals surface area contributed by atoms with Gasteiger partial charge in [0.1, 0.15) is 5.82 Å². The van der Waals surface area contributed by atoms with Crippen molar-refractivity contribution >= 4 is 17.1 Å². The highest BCUT2D eigenvalue weighted by Crippen LogP contribution is 2.39. The average molecular weight is 418 g/mol. The van der Waals surface area contributed by atoms with Gasteiger partial charge in [-0.05, 0) is 24.3 Å². The molecule has 0 fully saturated rings. The van der Waals surface area contributed by atoms with E-state index in [0.29, 0.717) is 23.5 Å². The van der Waals surface area contributed by atoms with Gasteiger partial charge < -0.3 is 9.84 Å². The number of thiophene rings is 1. The fourth-order valence-corrected chi connectivity index (χ4v) is 3.46. The number of hydrogen-bond donors (Lipinski definition) is 1. The number of carbonyl (C=O) groups excluding carboxylic acids is 1. The lowest BCUT2D eigenvalue weighted by Crippen LogP contribution is -2.06. The van der Waals surface area contributed by atoms with Crippen LogP contribution in [0.1, 0.15) is 15.2 Å². The number of carbonyl (C=O) groups is 1. The quantitative estimate of drug-likeness (QED) is 0.360. The smallest absolute Gasteiger partial charge is 0.209 e. The van der Waals surface area contributed by atoms with Gasteiger partial charge in [0.2, 0.25) is 17.4 Å². The number of phenolic OH excluding ortho intramolecular Hbond substituents is 1. The lowest BCUT2D eigenvalue weighted by molar-refractivity contribution is 0.103. The summed E-state index contributed by atoms with van der Waals surface area (Å²) in [5.74, 6) is -13.3. The maximum Gasteiger partial charge on any atom is 0.209 e. The normalized spacial score (nSPS) is 11.0. The van der Waals surface area contributed by atoms with Crippen LogP contribution in [0, 0.1) is 34.9 Å². The lowest BCUT2D eigenvalue weighted by Gasteiger charge is -2.09. The molecule has 3 aromatic rings. The van der Waals surface area contributed by atoms with Crippen LogP contribution < -0.4 is 4.74 Å². The van der Waals surface area contributed by atoms with Crippen LogP contribution in [0.5, 0.6) is 11.5 Å². The molecule has 10 heteroatoms. The first-order chi connectivity index (χ1) is 13.2. The van der Waals surface area contributed by atoms with E-state index >= 15 is 0 Å². The average Bonchev–Trinajstić information content (AvgIpc) is 3.14. The second kappa shape index (κ2) is 7.19. The largest absolute Gasteiger partial charge is 0.505 e. The van der Waals surface area contributed by atoms with Gasteiger partial charge >= 0.3 is 0 Å². The fourth-order valence-electron chi connectivity index (χ4n) is 2.47. The van der Waals surface area contributed by atoms with Crippen molar-refractivity contribution in [3.05, 3.63) is 69.6 Å². The third-order valence-corrected chi connectivity index (χ3v) is 4.90. The second-order valence-corrected chi connectivity index (χ2v) is 6.50. The van der Waals surface area contributed by atoms with Crippen LogP contribution >= 0.6 is 11.3 Å². The molecule has 0 aliphatic rings. The summed E-state index contributed by atoms with van der Waals surface area (Å²) in [6.07, 6.45) is 0. The molecular weight excluding hydrogens is 410 g/mol. The molecule has 0 amide bonds. The predicted octanol–water partition coefficient (Wildman–Crippen LogP) is 5.19. The number of aromatic hydroxyl groups is 1. The molecule has 3 rings (SSSR count). The zero-order valence-corrected chi connectivity index (χ0v) is 14.6. The Kier molecular flexibility index (Phi) is 5.07. The van der Waals surface area contributed by atoms with Gasteiger partial charge in [0.25, 0.3) is 0 Å². The van der Waals surface area contributed by atoms with Crippen molar-refractivity contribution in [2.24, 2.45) is 0 Å². The highest BCUT2D eigenvalue weighted by molar-refractivity contribution is 7.17. The molecule has 2 aromatic carbocycles. The monoisotopic (exact) mass is 418 g/mol. The number of benzene rings is 2. The Balaban J connectivity index is 2.12. The Morgan fingerprint density at radius 1 is 0.893 bits per heavy atom. The summed E-state index contributed by atoms with van der Waals surface area (Å²) in [6.45, 7) is 0. The molecule has 1 N–H and O–H groups in total. The summed E-state index contributed by atoms with van der Waals surface area (Å²) in [6, 6.07) is 3.30. The summed E-state index contributed by atoms with van der Waals surface area (Å²) in [5, 5.41) is 9.30. The molecule has 146 valence electrons. The van der Waals surface area contributed by atoms with Crippen LogP contribution in [0.15, 0.2) is 24.3 Å². The van der Waals surface area contributed by atoms with Crippen molar-refractivity contribution in [2.45, 2.75) is 0 Å². The van der Waals surface area contributed by atoms with Crippen LogP contribution in [0.3, 0.4) is 0 Å². The zero-order valence-electron chi connectivity index (χ0n) is 13.7. The molecule has 0 spiro atoms. The van der Waals surface area contributed by atoms with E-state index in [9.17, 15) is 36.2 Å². The second-order valence-electron chi connectivity index (χ2n) is 5.41. The Hall–Kier alpha value is -3.01. The van der Waals surface area contributed by atoms with Crippen molar-refractivity contribution in [1.29, 1.82) is 0 Å². The molecule has 0 atom stereocenters. The van der Waals surface area contributed by atoms with Gasteiger partial charge in [-0.15, -0.1) is 11.3 Å². The molecule has 0 saturated heterocycles. The first-order valence-corrected chi connectivity index (χ1v) is 8.22. The molecule has 3 nitrogen and oxygen atoms in total. The third-order valence-electron chi connectivity index (χ3n) is 3.80. The molecule has 1 heterocycles. The Morgan fingerprint density at radius 2 is 1.50 bits per heavy atom. The first-order valence-electron chi connectivity index (χ1n) is 7.40. The van der Waals surface area contributed by atoms with E-state index in [-0.39, 0.29) is 4.88 Å². The van der Waals surface area contributed by atoms with Crippen molar-refractivity contribution in [2.75, 3.05) is 7.11 Å². The Bertz CT molecular complexity index is 1080. The number of hydrogen-bond acceptors (Lipinski definition) is 4. The third kappa shape index (κ3) is 2.99. The van der Waals surface area contributed by atoms with Crippen LogP contribution in [-0.4, -0.2) is 18.0 Å². The van der Waals surface area contributed by atoms with E-state index in [1.807, 2.05) is 0 Å². The summed E-state index contributed by atoms with van der Waals surface area (Å²) >= 11 is 0.353. The van der Waals surface area contributed by atoms with Gasteiger partial charge in [-0.2, -0.15) is 8.78 Å². The van der Waals surface area contributed by atoms with Gasteiger partial charge in [-0.25, -0.2) is 17.6 Å². The number of rotatable bonds is 4. The topological polar surface area (TPSA) is 46.5 Å². The van der Waals surface area contributed by atoms with Crippen molar-refractivity contribution < 1.29 is 41.0 Å². The van der Waals surface area contributed by atoms with E-state index in [4.69, 9.17) is 0 Å². The van der Waals surface area contributed by atoms with Gasteiger partial charge in [-0.3, -0.25) is 4.79 Å². The number of methoxy groups -OCH3 is 1. The molecule has 0 aliphatic heterocycles. The molecule has 1 aromatic heterocycles. The zero-order chi connectivity index (χ0) is 20.7. The first kappa shape index (κ1) is 19.7. The highest BCUT2D eigenvalue weighted by Gasteiger charge is 2.29.